The molecule has 0 saturated heterocycles. The molecule has 0 aromatic heterocycles. The molecular weight excluding hydrogens is 316 g/mol. The molecule has 0 saturated carbocycles. The maximum absolute atomic E-state index is 12.9. The van der Waals surface area contributed by atoms with Crippen LogP contribution in [0.3, 0.4) is 0 Å². The summed E-state index contributed by atoms with van der Waals surface area (Å²) < 4.78 is 4.79. The topological polar surface area (TPSA) is 63.6 Å². The van der Waals surface area contributed by atoms with Gasteiger partial charge in [0.15, 0.2) is 5.78 Å². The van der Waals surface area contributed by atoms with Crippen molar-refractivity contribution in [1.82, 2.24) is 0 Å². The number of esters is 1. The van der Waals surface area contributed by atoms with Gasteiger partial charge >= 0.3 is 5.97 Å². The molecule has 4 heteroatoms. The fourth-order valence-corrected chi connectivity index (χ4v) is 3.27. The summed E-state index contributed by atoms with van der Waals surface area (Å²) in [5.74, 6) is -1.18. The zero-order valence-corrected chi connectivity index (χ0v) is 17.1. The van der Waals surface area contributed by atoms with Gasteiger partial charge in [-0.1, -0.05) is 71.6 Å². The minimum atomic E-state index is -1.20. The molecule has 0 bridgehead atoms. The minimum Gasteiger partial charge on any atom is -0.468 e. The SMILES string of the molecule is CCCCCCCCC(C(=O)C(C)(C)C(=O)OC)C(O)CCCCC. The van der Waals surface area contributed by atoms with E-state index < -0.39 is 23.4 Å². The normalized spacial score (nSPS) is 14.2. The molecule has 0 aliphatic rings. The van der Waals surface area contributed by atoms with Gasteiger partial charge in [-0.2, -0.15) is 0 Å². The Labute approximate surface area is 154 Å². The smallest absolute Gasteiger partial charge is 0.318 e. The molecule has 0 spiro atoms. The largest absolute Gasteiger partial charge is 0.468 e. The lowest BCUT2D eigenvalue weighted by Gasteiger charge is -2.29. The van der Waals surface area contributed by atoms with Crippen LogP contribution >= 0.6 is 0 Å². The van der Waals surface area contributed by atoms with Crippen LogP contribution in [0.5, 0.6) is 0 Å². The first kappa shape index (κ1) is 24.1. The quantitative estimate of drug-likeness (QED) is 0.253. The number of Topliss-reactive ketones (excluding diaryl/α,β-unsaturated/α-hetero) is 1. The molecule has 0 rings (SSSR count). The molecule has 2 unspecified atom stereocenters. The number of carbonyl (C=O) groups excluding carboxylic acids is 2. The number of unbranched alkanes of at least 4 members (excludes halogenated alkanes) is 7. The number of hydrogen-bond acceptors (Lipinski definition) is 4. The van der Waals surface area contributed by atoms with E-state index >= 15 is 0 Å². The Bertz CT molecular complexity index is 376. The van der Waals surface area contributed by atoms with E-state index in [0.29, 0.717) is 12.8 Å². The molecule has 1 N–H and O–H groups in total. The first-order valence-electron chi connectivity index (χ1n) is 10.1. The number of ketones is 1. The van der Waals surface area contributed by atoms with Gasteiger partial charge in [-0.15, -0.1) is 0 Å². The van der Waals surface area contributed by atoms with E-state index in [9.17, 15) is 14.7 Å². The highest BCUT2D eigenvalue weighted by molar-refractivity contribution is 6.04. The lowest BCUT2D eigenvalue weighted by atomic mass is 9.76. The highest BCUT2D eigenvalue weighted by Crippen LogP contribution is 2.30. The predicted molar refractivity (Wildman–Crippen MR) is 102 cm³/mol. The third-order valence-electron chi connectivity index (χ3n) is 5.09. The van der Waals surface area contributed by atoms with Crippen molar-refractivity contribution >= 4 is 11.8 Å². The molecule has 4 nitrogen and oxygen atoms in total. The van der Waals surface area contributed by atoms with E-state index in [1.54, 1.807) is 13.8 Å². The van der Waals surface area contributed by atoms with Gasteiger partial charge in [-0.05, 0) is 26.7 Å². The van der Waals surface area contributed by atoms with E-state index in [0.717, 1.165) is 32.1 Å². The Morgan fingerprint density at radius 1 is 0.880 bits per heavy atom. The van der Waals surface area contributed by atoms with Gasteiger partial charge in [-0.25, -0.2) is 0 Å². The first-order valence-corrected chi connectivity index (χ1v) is 10.1. The number of hydrogen-bond donors (Lipinski definition) is 1. The summed E-state index contributed by atoms with van der Waals surface area (Å²) in [6, 6.07) is 0. The highest BCUT2D eigenvalue weighted by atomic mass is 16.5. The molecule has 25 heavy (non-hydrogen) atoms. The molecule has 2 atom stereocenters. The monoisotopic (exact) mass is 356 g/mol. The Balaban J connectivity index is 4.81. The molecule has 0 amide bonds. The lowest BCUT2D eigenvalue weighted by molar-refractivity contribution is -0.158. The average Bonchev–Trinajstić information content (AvgIpc) is 2.59. The van der Waals surface area contributed by atoms with Crippen LogP contribution in [-0.4, -0.2) is 30.1 Å². The van der Waals surface area contributed by atoms with Gasteiger partial charge in [0.2, 0.25) is 0 Å². The number of rotatable bonds is 15. The molecule has 0 aromatic carbocycles. The first-order chi connectivity index (χ1) is 11.8. The highest BCUT2D eigenvalue weighted by Gasteiger charge is 2.42. The predicted octanol–water partition coefficient (Wildman–Crippen LogP) is 5.06. The van der Waals surface area contributed by atoms with Gasteiger partial charge < -0.3 is 9.84 Å². The summed E-state index contributed by atoms with van der Waals surface area (Å²) in [4.78, 5) is 24.9. The lowest BCUT2D eigenvalue weighted by Crippen LogP contribution is -2.42. The number of ether oxygens (including phenoxy) is 1. The van der Waals surface area contributed by atoms with Gasteiger partial charge in [-0.3, -0.25) is 9.59 Å². The molecule has 0 radical (unpaired) electrons. The molecule has 0 aliphatic carbocycles. The Morgan fingerprint density at radius 2 is 1.36 bits per heavy atom. The molecular formula is C21H40O4. The second-order valence-electron chi connectivity index (χ2n) is 7.71. The van der Waals surface area contributed by atoms with Crippen molar-refractivity contribution in [3.63, 3.8) is 0 Å². The minimum absolute atomic E-state index is 0.183. The number of aliphatic hydroxyl groups excluding tert-OH is 1. The molecule has 0 fully saturated rings. The van der Waals surface area contributed by atoms with Gasteiger partial charge in [0, 0.05) is 5.92 Å². The van der Waals surface area contributed by atoms with Crippen LogP contribution in [-0.2, 0) is 14.3 Å². The van der Waals surface area contributed by atoms with E-state index in [1.807, 2.05) is 0 Å². The summed E-state index contributed by atoms with van der Waals surface area (Å²) in [5.41, 5.74) is -1.20. The van der Waals surface area contributed by atoms with Gasteiger partial charge in [0.05, 0.1) is 13.2 Å². The fraction of sp³-hybridized carbons (Fsp3) is 0.905. The Morgan fingerprint density at radius 3 is 1.92 bits per heavy atom. The van der Waals surface area contributed by atoms with E-state index in [2.05, 4.69) is 13.8 Å². The molecule has 0 aliphatic heterocycles. The third-order valence-corrected chi connectivity index (χ3v) is 5.09. The van der Waals surface area contributed by atoms with Crippen LogP contribution in [0.1, 0.15) is 98.3 Å². The number of carbonyl (C=O) groups is 2. The maximum atomic E-state index is 12.9. The van der Waals surface area contributed by atoms with Crippen molar-refractivity contribution < 1.29 is 19.4 Å². The van der Waals surface area contributed by atoms with Crippen molar-refractivity contribution in [1.29, 1.82) is 0 Å². The summed E-state index contributed by atoms with van der Waals surface area (Å²) in [7, 11) is 1.30. The third kappa shape index (κ3) is 8.84. The Kier molecular flexibility index (Phi) is 12.8. The number of aliphatic hydroxyl groups is 1. The van der Waals surface area contributed by atoms with Crippen LogP contribution in [0, 0.1) is 11.3 Å². The second kappa shape index (κ2) is 13.3. The van der Waals surface area contributed by atoms with E-state index in [-0.39, 0.29) is 5.78 Å². The zero-order chi connectivity index (χ0) is 19.3. The average molecular weight is 357 g/mol. The number of methoxy groups -OCH3 is 1. The summed E-state index contributed by atoms with van der Waals surface area (Å²) in [6.07, 6.45) is 10.5. The summed E-state index contributed by atoms with van der Waals surface area (Å²) >= 11 is 0. The van der Waals surface area contributed by atoms with Gasteiger partial charge in [0.25, 0.3) is 0 Å². The van der Waals surface area contributed by atoms with Crippen LogP contribution in [0.15, 0.2) is 0 Å². The fourth-order valence-electron chi connectivity index (χ4n) is 3.27. The molecule has 0 aromatic rings. The zero-order valence-electron chi connectivity index (χ0n) is 17.1. The Hall–Kier alpha value is -0.900. The van der Waals surface area contributed by atoms with E-state index in [1.165, 1.54) is 32.8 Å². The van der Waals surface area contributed by atoms with Crippen LogP contribution < -0.4 is 0 Å². The van der Waals surface area contributed by atoms with Crippen molar-refractivity contribution in [2.45, 2.75) is 104 Å². The van der Waals surface area contributed by atoms with Crippen LogP contribution in [0.2, 0.25) is 0 Å². The maximum Gasteiger partial charge on any atom is 0.318 e. The second-order valence-corrected chi connectivity index (χ2v) is 7.71. The summed E-state index contributed by atoms with van der Waals surface area (Å²) in [5, 5.41) is 10.6. The molecule has 148 valence electrons. The van der Waals surface area contributed by atoms with Crippen molar-refractivity contribution in [2.75, 3.05) is 7.11 Å². The van der Waals surface area contributed by atoms with Gasteiger partial charge in [0.1, 0.15) is 5.41 Å². The van der Waals surface area contributed by atoms with Crippen LogP contribution in [0.4, 0.5) is 0 Å². The van der Waals surface area contributed by atoms with Crippen molar-refractivity contribution in [3.05, 3.63) is 0 Å². The molecule has 0 heterocycles. The van der Waals surface area contributed by atoms with Crippen molar-refractivity contribution in [3.8, 4) is 0 Å². The van der Waals surface area contributed by atoms with Crippen LogP contribution in [0.25, 0.3) is 0 Å². The van der Waals surface area contributed by atoms with Crippen molar-refractivity contribution in [2.24, 2.45) is 11.3 Å². The standard InChI is InChI=1S/C21H40O4/c1-6-8-10-11-12-14-15-17(18(22)16-13-9-7-2)19(23)21(3,4)20(24)25-5/h17-18,22H,6-16H2,1-5H3. The van der Waals surface area contributed by atoms with E-state index in [4.69, 9.17) is 4.74 Å². The summed E-state index contributed by atoms with van der Waals surface area (Å²) in [6.45, 7) is 7.52.